The quantitative estimate of drug-likeness (QED) is 0.402. The smallest absolute Gasteiger partial charge is 0.166 e. The van der Waals surface area contributed by atoms with Crippen LogP contribution in [0.1, 0.15) is 20.8 Å². The maximum Gasteiger partial charge on any atom is 0.166 e. The number of carbonyl (C=O) groups excluding carboxylic acids is 3. The number of aromatic amines is 3. The molecule has 0 radical (unpaired) electrons. The molecule has 0 aliphatic rings. The van der Waals surface area contributed by atoms with Gasteiger partial charge in [-0.15, -0.1) is 0 Å². The molecule has 0 aliphatic heterocycles. The van der Waals surface area contributed by atoms with E-state index in [9.17, 15) is 0 Å². The third-order valence-corrected chi connectivity index (χ3v) is 1.82. The number of aromatic nitrogens is 3. The van der Waals surface area contributed by atoms with E-state index in [0.717, 1.165) is 20.8 Å². The van der Waals surface area contributed by atoms with Gasteiger partial charge in [0.1, 0.15) is 0 Å². The molecule has 30 heavy (non-hydrogen) atoms. The van der Waals surface area contributed by atoms with E-state index < -0.39 is 17.9 Å². The van der Waals surface area contributed by atoms with Gasteiger partial charge >= 0.3 is 0 Å². The Hall–Kier alpha value is -4.14. The van der Waals surface area contributed by atoms with Crippen molar-refractivity contribution in [3.05, 3.63) is 91.8 Å². The Bertz CT molecular complexity index is 534. The van der Waals surface area contributed by atoms with Gasteiger partial charge in [0.25, 0.3) is 0 Å². The minimum Gasteiger partial charge on any atom is -0.550 e. The summed E-state index contributed by atoms with van der Waals surface area (Å²) >= 11 is 0. The van der Waals surface area contributed by atoms with Crippen LogP contribution in [0.4, 0.5) is 0 Å². The van der Waals surface area contributed by atoms with Crippen LogP contribution in [0.25, 0.3) is 0 Å². The maximum absolute atomic E-state index is 8.89. The summed E-state index contributed by atoms with van der Waals surface area (Å²) in [6.07, 6.45) is 11.2. The molecule has 162 valence electrons. The third kappa shape index (κ3) is 64.9. The van der Waals surface area contributed by atoms with Crippen molar-refractivity contribution in [2.75, 3.05) is 0 Å². The highest BCUT2D eigenvalue weighted by Crippen LogP contribution is 1.69. The van der Waals surface area contributed by atoms with Gasteiger partial charge in [-0.1, -0.05) is 18.2 Å². The Kier molecular flexibility index (Phi) is 27.6. The minimum atomic E-state index is -1.08. The van der Waals surface area contributed by atoms with E-state index in [2.05, 4.69) is 15.0 Å². The average Bonchev–Trinajstić information content (AvgIpc) is 2.72. The number of pyridine rings is 3. The van der Waals surface area contributed by atoms with Gasteiger partial charge in [-0.3, -0.25) is 0 Å². The summed E-state index contributed by atoms with van der Waals surface area (Å²) in [5.74, 6) is -3.25. The molecule has 3 heterocycles. The predicted octanol–water partition coefficient (Wildman–Crippen LogP) is -2.23. The molecule has 0 aromatic carbocycles. The normalized spacial score (nSPS) is 7.30. The first-order valence-corrected chi connectivity index (χ1v) is 8.46. The van der Waals surface area contributed by atoms with Gasteiger partial charge in [-0.25, -0.2) is 15.0 Å². The lowest BCUT2D eigenvalue weighted by Crippen LogP contribution is -2.16. The summed E-state index contributed by atoms with van der Waals surface area (Å²) in [4.78, 5) is 35.3. The summed E-state index contributed by atoms with van der Waals surface area (Å²) in [6.45, 7) is 2.92. The largest absolute Gasteiger partial charge is 0.550 e. The number of rotatable bonds is 0. The van der Waals surface area contributed by atoms with Crippen LogP contribution in [0.5, 0.6) is 0 Å². The lowest BCUT2D eigenvalue weighted by atomic mass is 10.5. The number of carbonyl (C=O) groups is 3. The van der Waals surface area contributed by atoms with Crippen LogP contribution in [-0.4, -0.2) is 17.9 Å². The molecule has 0 amide bonds. The van der Waals surface area contributed by atoms with E-state index in [4.69, 9.17) is 29.7 Å². The molecule has 0 atom stereocenters. The summed E-state index contributed by atoms with van der Waals surface area (Å²) in [7, 11) is 0. The molecule has 9 nitrogen and oxygen atoms in total. The zero-order chi connectivity index (χ0) is 23.5. The average molecular weight is 417 g/mol. The Morgan fingerprint density at radius 1 is 0.433 bits per heavy atom. The highest BCUT2D eigenvalue weighted by molar-refractivity contribution is 5.60. The molecule has 3 aromatic rings. The minimum absolute atomic E-state index is 0.972. The van der Waals surface area contributed by atoms with Crippen molar-refractivity contribution in [2.24, 2.45) is 0 Å². The SMILES string of the molecule is CC(=O)[O-].CC(=O)[O-].CC(=O)[O-].c1cc[nH+]cc1.c1cc[nH+]cc1.c1cc[nH+]cc1. The molecule has 0 fully saturated rings. The van der Waals surface area contributed by atoms with Gasteiger partial charge in [0.15, 0.2) is 37.2 Å². The van der Waals surface area contributed by atoms with Crippen molar-refractivity contribution in [1.29, 1.82) is 0 Å². The topological polar surface area (TPSA) is 163 Å². The molecule has 0 aliphatic carbocycles. The van der Waals surface area contributed by atoms with Crippen molar-refractivity contribution >= 4 is 17.9 Å². The molecular weight excluding hydrogens is 390 g/mol. The van der Waals surface area contributed by atoms with Crippen LogP contribution in [0, 0.1) is 0 Å². The van der Waals surface area contributed by atoms with Crippen LogP contribution in [0.2, 0.25) is 0 Å². The lowest BCUT2D eigenvalue weighted by Gasteiger charge is -1.77. The molecule has 0 bridgehead atoms. The number of carboxylic acids is 3. The zero-order valence-corrected chi connectivity index (χ0v) is 17.1. The van der Waals surface area contributed by atoms with Gasteiger partial charge in [-0.2, -0.15) is 0 Å². The van der Waals surface area contributed by atoms with Crippen LogP contribution in [0.15, 0.2) is 91.8 Å². The fraction of sp³-hybridized carbons (Fsp3) is 0.143. The molecule has 0 unspecified atom stereocenters. The second-order valence-electron chi connectivity index (χ2n) is 4.71. The van der Waals surface area contributed by atoms with Gasteiger partial charge in [0.2, 0.25) is 0 Å². The number of hydrogen-bond acceptors (Lipinski definition) is 6. The lowest BCUT2D eigenvalue weighted by molar-refractivity contribution is -0.378. The molecule has 9 heteroatoms. The second-order valence-corrected chi connectivity index (χ2v) is 4.71. The molecule has 3 aromatic heterocycles. The Morgan fingerprint density at radius 2 is 0.567 bits per heavy atom. The first-order valence-electron chi connectivity index (χ1n) is 8.46. The summed E-state index contributed by atoms with van der Waals surface area (Å²) in [5.41, 5.74) is 0. The fourth-order valence-corrected chi connectivity index (χ4v) is 1.03. The molecule has 0 saturated heterocycles. The number of hydrogen-bond donors (Lipinski definition) is 0. The van der Waals surface area contributed by atoms with Crippen molar-refractivity contribution in [3.63, 3.8) is 0 Å². The molecule has 0 saturated carbocycles. The van der Waals surface area contributed by atoms with Gasteiger partial charge in [-0.05, 0) is 20.8 Å². The van der Waals surface area contributed by atoms with E-state index in [1.54, 1.807) is 0 Å². The van der Waals surface area contributed by atoms with E-state index in [1.165, 1.54) is 0 Å². The van der Waals surface area contributed by atoms with Crippen molar-refractivity contribution in [1.82, 2.24) is 0 Å². The van der Waals surface area contributed by atoms with Crippen LogP contribution < -0.4 is 30.3 Å². The second kappa shape index (κ2) is 27.1. The van der Waals surface area contributed by atoms with E-state index >= 15 is 0 Å². The highest BCUT2D eigenvalue weighted by Gasteiger charge is 1.67. The molecule has 3 N–H and O–H groups in total. The monoisotopic (exact) mass is 417 g/mol. The zero-order valence-electron chi connectivity index (χ0n) is 17.1. The number of carboxylic acid groups (broad SMARTS) is 3. The van der Waals surface area contributed by atoms with Crippen LogP contribution in [0.3, 0.4) is 0 Å². The van der Waals surface area contributed by atoms with Crippen molar-refractivity contribution in [3.8, 4) is 0 Å². The number of H-pyrrole nitrogens is 3. The molecule has 0 spiro atoms. The fourth-order valence-electron chi connectivity index (χ4n) is 1.03. The third-order valence-electron chi connectivity index (χ3n) is 1.82. The summed E-state index contributed by atoms with van der Waals surface area (Å²) < 4.78 is 0. The van der Waals surface area contributed by atoms with Gasteiger partial charge < -0.3 is 29.7 Å². The molecule has 3 rings (SSSR count). The maximum atomic E-state index is 8.89. The molecular formula is C21H27N3O6. The van der Waals surface area contributed by atoms with Crippen molar-refractivity contribution in [2.45, 2.75) is 20.8 Å². The first-order chi connectivity index (χ1) is 14.2. The van der Waals surface area contributed by atoms with Crippen molar-refractivity contribution < 1.29 is 44.7 Å². The highest BCUT2D eigenvalue weighted by atomic mass is 16.4. The Labute approximate surface area is 175 Å². The van der Waals surface area contributed by atoms with E-state index in [-0.39, 0.29) is 0 Å². The van der Waals surface area contributed by atoms with Crippen LogP contribution in [-0.2, 0) is 14.4 Å². The van der Waals surface area contributed by atoms with Gasteiger partial charge in [0, 0.05) is 54.3 Å². The summed E-state index contributed by atoms with van der Waals surface area (Å²) in [5, 5.41) is 26.7. The standard InChI is InChI=1S/3C5H5N.3C2H4O2/c3*1-2-4-6-5-3-1;3*1-2(3)4/h3*1-5H;3*1H3,(H,3,4). The first kappa shape index (κ1) is 30.6. The Balaban J connectivity index is -0.000000296. The number of nitrogens with one attached hydrogen (secondary N) is 3. The predicted molar refractivity (Wildman–Crippen MR) is 101 cm³/mol. The Morgan fingerprint density at radius 3 is 0.600 bits per heavy atom. The van der Waals surface area contributed by atoms with E-state index in [1.807, 2.05) is 91.8 Å². The van der Waals surface area contributed by atoms with Gasteiger partial charge in [0.05, 0.1) is 0 Å². The van der Waals surface area contributed by atoms with Crippen LogP contribution >= 0.6 is 0 Å². The summed E-state index contributed by atoms with van der Waals surface area (Å²) in [6, 6.07) is 17.6. The van der Waals surface area contributed by atoms with E-state index in [0.29, 0.717) is 0 Å². The number of aliphatic carboxylic acids is 3.